The molecule has 0 aliphatic carbocycles. The molecule has 30 heavy (non-hydrogen) atoms. The van der Waals surface area contributed by atoms with Gasteiger partial charge in [-0.2, -0.15) is 4.31 Å². The Morgan fingerprint density at radius 1 is 1.13 bits per heavy atom. The number of hydrogen-bond donors (Lipinski definition) is 2. The molecule has 2 aliphatic heterocycles. The van der Waals surface area contributed by atoms with Crippen molar-refractivity contribution in [1.82, 2.24) is 14.9 Å². The Morgan fingerprint density at radius 3 is 2.73 bits per heavy atom. The molecule has 1 atom stereocenters. The molecule has 2 aliphatic rings. The van der Waals surface area contributed by atoms with Crippen LogP contribution < -0.4 is 20.1 Å². The summed E-state index contributed by atoms with van der Waals surface area (Å²) in [6.07, 6.45) is -0.872. The summed E-state index contributed by atoms with van der Waals surface area (Å²) >= 11 is 1.11. The lowest BCUT2D eigenvalue weighted by Crippen LogP contribution is -2.47. The highest BCUT2D eigenvalue weighted by Crippen LogP contribution is 2.32. The number of thiophene rings is 1. The van der Waals surface area contributed by atoms with E-state index in [1.54, 1.807) is 29.6 Å². The van der Waals surface area contributed by atoms with Crippen molar-refractivity contribution in [3.63, 3.8) is 0 Å². The van der Waals surface area contributed by atoms with Gasteiger partial charge in [-0.1, -0.05) is 12.1 Å². The van der Waals surface area contributed by atoms with Crippen LogP contribution in [0.3, 0.4) is 0 Å². The quantitative estimate of drug-likeness (QED) is 0.601. The van der Waals surface area contributed by atoms with Gasteiger partial charge in [0.25, 0.3) is 10.0 Å². The molecule has 4 rings (SSSR count). The van der Waals surface area contributed by atoms with E-state index in [1.165, 1.54) is 10.4 Å². The number of nitrogens with zero attached hydrogens (tertiary/aromatic N) is 1. The Labute approximate surface area is 176 Å². The Hall–Kier alpha value is -2.67. The maximum absolute atomic E-state index is 12.7. The van der Waals surface area contributed by atoms with E-state index in [0.717, 1.165) is 16.9 Å². The molecule has 1 aromatic heterocycles. The Bertz CT molecular complexity index is 1040. The molecule has 2 amide bonds. The van der Waals surface area contributed by atoms with Gasteiger partial charge in [-0.25, -0.2) is 8.42 Å². The number of nitrogens with one attached hydrogen (secondary N) is 2. The molecule has 0 bridgehead atoms. The molecule has 0 unspecified atom stereocenters. The van der Waals surface area contributed by atoms with Crippen molar-refractivity contribution < 1.29 is 32.2 Å². The van der Waals surface area contributed by atoms with Crippen LogP contribution >= 0.6 is 11.3 Å². The van der Waals surface area contributed by atoms with E-state index in [-0.39, 0.29) is 37.2 Å². The topological polar surface area (TPSA) is 123 Å². The average Bonchev–Trinajstić information content (AvgIpc) is 3.50. The van der Waals surface area contributed by atoms with Gasteiger partial charge < -0.3 is 24.8 Å². The fourth-order valence-corrected chi connectivity index (χ4v) is 5.67. The molecule has 160 valence electrons. The predicted octanol–water partition coefficient (Wildman–Crippen LogP) is 0.256. The fraction of sp³-hybridized carbons (Fsp3) is 0.333. The summed E-state index contributed by atoms with van der Waals surface area (Å²) in [6.45, 7) is 0.525. The molecule has 0 radical (unpaired) electrons. The second-order valence-electron chi connectivity index (χ2n) is 6.45. The molecule has 2 aromatic rings. The number of benzene rings is 1. The summed E-state index contributed by atoms with van der Waals surface area (Å²) in [5, 5.41) is 6.61. The first-order valence-electron chi connectivity index (χ1n) is 9.06. The summed E-state index contributed by atoms with van der Waals surface area (Å²) in [7, 11) is -3.71. The molecule has 2 N–H and O–H groups in total. The van der Waals surface area contributed by atoms with E-state index in [4.69, 9.17) is 14.2 Å². The van der Waals surface area contributed by atoms with E-state index >= 15 is 0 Å². The Kier molecular flexibility index (Phi) is 5.90. The van der Waals surface area contributed by atoms with Gasteiger partial charge >= 0.3 is 11.8 Å². The van der Waals surface area contributed by atoms with Crippen molar-refractivity contribution in [2.75, 3.05) is 26.5 Å². The van der Waals surface area contributed by atoms with Crippen LogP contribution in [0.1, 0.15) is 5.56 Å². The van der Waals surface area contributed by atoms with Gasteiger partial charge in [0, 0.05) is 13.1 Å². The van der Waals surface area contributed by atoms with Gasteiger partial charge in [0.05, 0.1) is 13.2 Å². The number of hydrogen-bond acceptors (Lipinski definition) is 8. The highest BCUT2D eigenvalue weighted by atomic mass is 32.2. The van der Waals surface area contributed by atoms with Crippen molar-refractivity contribution in [3.05, 3.63) is 41.3 Å². The second-order valence-corrected chi connectivity index (χ2v) is 9.52. The van der Waals surface area contributed by atoms with Crippen LogP contribution in [0.4, 0.5) is 0 Å². The number of sulfonamides is 1. The number of rotatable bonds is 6. The second kappa shape index (κ2) is 8.60. The molecule has 1 saturated heterocycles. The Morgan fingerprint density at radius 2 is 1.93 bits per heavy atom. The summed E-state index contributed by atoms with van der Waals surface area (Å²) in [6, 6.07) is 8.36. The van der Waals surface area contributed by atoms with Crippen LogP contribution in [0.25, 0.3) is 0 Å². The number of amides is 2. The van der Waals surface area contributed by atoms with Crippen molar-refractivity contribution >= 4 is 33.2 Å². The van der Waals surface area contributed by atoms with Crippen LogP contribution in [-0.2, 0) is 30.9 Å². The number of carbonyl (C=O) groups excluding carboxylic acids is 2. The van der Waals surface area contributed by atoms with Crippen molar-refractivity contribution in [1.29, 1.82) is 0 Å². The van der Waals surface area contributed by atoms with E-state index in [0.29, 0.717) is 11.5 Å². The standard InChI is InChI=1S/C18H19N3O7S2/c22-17(19-9-12-3-4-13-14(8-12)28-11-27-13)18(23)20-10-15-21(5-6-26-15)30(24,25)16-2-1-7-29-16/h1-4,7-8,15H,5-6,9-11H2,(H,19,22)(H,20,23)/t15-/m0/s1. The first-order chi connectivity index (χ1) is 14.4. The average molecular weight is 453 g/mol. The van der Waals surface area contributed by atoms with Crippen LogP contribution in [0.5, 0.6) is 11.5 Å². The zero-order chi connectivity index (χ0) is 21.1. The smallest absolute Gasteiger partial charge is 0.309 e. The van der Waals surface area contributed by atoms with E-state index in [9.17, 15) is 18.0 Å². The molecule has 3 heterocycles. The fourth-order valence-electron chi connectivity index (χ4n) is 3.04. The lowest BCUT2D eigenvalue weighted by molar-refractivity contribution is -0.139. The third kappa shape index (κ3) is 4.26. The Balaban J connectivity index is 1.29. The van der Waals surface area contributed by atoms with Gasteiger partial charge in [0.1, 0.15) is 10.4 Å². The first-order valence-corrected chi connectivity index (χ1v) is 11.4. The van der Waals surface area contributed by atoms with Crippen molar-refractivity contribution in [2.45, 2.75) is 17.0 Å². The van der Waals surface area contributed by atoms with Crippen LogP contribution in [-0.4, -0.2) is 57.3 Å². The van der Waals surface area contributed by atoms with Crippen LogP contribution in [0.2, 0.25) is 0 Å². The molecular weight excluding hydrogens is 434 g/mol. The maximum atomic E-state index is 12.7. The maximum Gasteiger partial charge on any atom is 0.309 e. The van der Waals surface area contributed by atoms with Gasteiger partial charge in [-0.3, -0.25) is 9.59 Å². The van der Waals surface area contributed by atoms with Crippen molar-refractivity contribution in [2.24, 2.45) is 0 Å². The third-order valence-electron chi connectivity index (χ3n) is 4.53. The zero-order valence-electron chi connectivity index (χ0n) is 15.7. The summed E-state index contributed by atoms with van der Waals surface area (Å²) < 4.78 is 42.6. The number of ether oxygens (including phenoxy) is 3. The normalized spacial score (nSPS) is 18.3. The predicted molar refractivity (Wildman–Crippen MR) is 105 cm³/mol. The van der Waals surface area contributed by atoms with Gasteiger partial charge in [0.2, 0.25) is 6.79 Å². The minimum atomic E-state index is -3.71. The number of fused-ring (bicyclic) bond motifs is 1. The third-order valence-corrected chi connectivity index (χ3v) is 7.80. The van der Waals surface area contributed by atoms with Crippen LogP contribution in [0, 0.1) is 0 Å². The molecule has 1 aromatic carbocycles. The van der Waals surface area contributed by atoms with E-state index in [1.807, 2.05) is 0 Å². The van der Waals surface area contributed by atoms with E-state index < -0.39 is 28.1 Å². The molecule has 10 nitrogen and oxygen atoms in total. The van der Waals surface area contributed by atoms with Gasteiger partial charge in [-0.15, -0.1) is 11.3 Å². The van der Waals surface area contributed by atoms with Crippen LogP contribution in [0.15, 0.2) is 39.9 Å². The number of carbonyl (C=O) groups is 2. The highest BCUT2D eigenvalue weighted by molar-refractivity contribution is 7.91. The molecular formula is C18H19N3O7S2. The summed E-state index contributed by atoms with van der Waals surface area (Å²) in [5.41, 5.74) is 0.743. The minimum Gasteiger partial charge on any atom is -0.454 e. The molecule has 1 fully saturated rings. The lowest BCUT2D eigenvalue weighted by atomic mass is 10.2. The highest BCUT2D eigenvalue weighted by Gasteiger charge is 2.37. The molecule has 0 spiro atoms. The van der Waals surface area contributed by atoms with Gasteiger partial charge in [0.15, 0.2) is 11.5 Å². The lowest BCUT2D eigenvalue weighted by Gasteiger charge is -2.22. The summed E-state index contributed by atoms with van der Waals surface area (Å²) in [5.74, 6) is -0.504. The largest absolute Gasteiger partial charge is 0.454 e. The van der Waals surface area contributed by atoms with Crippen molar-refractivity contribution in [3.8, 4) is 11.5 Å². The van der Waals surface area contributed by atoms with E-state index in [2.05, 4.69) is 10.6 Å². The summed E-state index contributed by atoms with van der Waals surface area (Å²) in [4.78, 5) is 24.2. The minimum absolute atomic E-state index is 0.127. The first kappa shape index (κ1) is 20.6. The molecule has 0 saturated carbocycles. The monoisotopic (exact) mass is 453 g/mol. The SMILES string of the molecule is O=C(NCc1ccc2c(c1)OCO2)C(=O)NC[C@@H]1OCCN1S(=O)(=O)c1cccs1. The molecule has 12 heteroatoms. The van der Waals surface area contributed by atoms with Gasteiger partial charge in [-0.05, 0) is 29.1 Å². The zero-order valence-corrected chi connectivity index (χ0v) is 17.3.